The fraction of sp³-hybridized carbons (Fsp3) is 0.773. The summed E-state index contributed by atoms with van der Waals surface area (Å²) in [5, 5.41) is 0. The summed E-state index contributed by atoms with van der Waals surface area (Å²) in [6, 6.07) is 0. The molecule has 0 aromatic heterocycles. The minimum Gasteiger partial charge on any atom is -0.366 e. The van der Waals surface area contributed by atoms with Gasteiger partial charge in [0.05, 0.1) is 12.2 Å². The predicted octanol–water partition coefficient (Wildman–Crippen LogP) is 4.70. The molecule has 2 nitrogen and oxygen atoms in total. The lowest BCUT2D eigenvalue weighted by Crippen LogP contribution is -2.53. The molecule has 2 heteroatoms. The molecule has 0 amide bonds. The van der Waals surface area contributed by atoms with Crippen molar-refractivity contribution < 1.29 is 9.53 Å². The van der Waals surface area contributed by atoms with Crippen LogP contribution in [0, 0.1) is 35.0 Å². The number of carbonyl (C=O) groups excluding carboxylic acids is 1. The summed E-state index contributed by atoms with van der Waals surface area (Å²) in [4.78, 5) is 11.8. The smallest absolute Gasteiger partial charge is 0.155 e. The highest BCUT2D eigenvalue weighted by molar-refractivity contribution is 5.91. The van der Waals surface area contributed by atoms with E-state index in [2.05, 4.69) is 26.0 Å². The molecule has 6 unspecified atom stereocenters. The van der Waals surface area contributed by atoms with Crippen molar-refractivity contribution in [3.8, 4) is 0 Å². The molecule has 0 N–H and O–H groups in total. The van der Waals surface area contributed by atoms with Gasteiger partial charge in [-0.15, -0.1) is 0 Å². The van der Waals surface area contributed by atoms with Crippen molar-refractivity contribution in [2.24, 2.45) is 35.0 Å². The number of hydrogen-bond acceptors (Lipinski definition) is 2. The summed E-state index contributed by atoms with van der Waals surface area (Å²) in [6.45, 7) is 5.75. The molecule has 0 bridgehead atoms. The molecular weight excluding hydrogens is 296 g/mol. The third-order valence-electron chi connectivity index (χ3n) is 8.71. The van der Waals surface area contributed by atoms with Crippen molar-refractivity contribution in [3.63, 3.8) is 0 Å². The van der Waals surface area contributed by atoms with Gasteiger partial charge < -0.3 is 4.74 Å². The number of ether oxygens (including phenoxy) is 1. The summed E-state index contributed by atoms with van der Waals surface area (Å²) in [5.41, 5.74) is 1.81. The molecule has 1 spiro atoms. The summed E-state index contributed by atoms with van der Waals surface area (Å²) in [6.07, 6.45) is 15.0. The number of hydrogen-bond donors (Lipinski definition) is 0. The molecule has 1 aliphatic heterocycles. The van der Waals surface area contributed by atoms with Crippen LogP contribution in [-0.4, -0.2) is 18.0 Å². The quantitative estimate of drug-likeness (QED) is 0.603. The Hall–Kier alpha value is -0.890. The first-order valence-corrected chi connectivity index (χ1v) is 10.1. The van der Waals surface area contributed by atoms with E-state index in [9.17, 15) is 4.79 Å². The molecule has 3 saturated carbocycles. The van der Waals surface area contributed by atoms with E-state index in [0.29, 0.717) is 23.0 Å². The first-order chi connectivity index (χ1) is 11.6. The van der Waals surface area contributed by atoms with E-state index < -0.39 is 0 Å². The average Bonchev–Trinajstić information content (AvgIpc) is 3.15. The van der Waals surface area contributed by atoms with Crippen molar-refractivity contribution in [1.29, 1.82) is 0 Å². The van der Waals surface area contributed by atoms with E-state index in [1.165, 1.54) is 37.7 Å². The first-order valence-electron chi connectivity index (χ1n) is 10.1. The maximum Gasteiger partial charge on any atom is 0.155 e. The highest BCUT2D eigenvalue weighted by atomic mass is 16.5. The standard InChI is InChI=1S/C22H30O2/c1-14-12-20-19-6-4-15-13-16(23)5-7-17(15)18(19)8-10-21(20,2)22(14)9-3-11-24-22/h3,9,13-14,17-20H,4-8,10-12H2,1-2H3/t14-,17?,18?,19?,20?,21?,22?/m1/s1. The van der Waals surface area contributed by atoms with Crippen molar-refractivity contribution in [3.05, 3.63) is 23.8 Å². The third-order valence-corrected chi connectivity index (χ3v) is 8.71. The molecular formula is C22H30O2. The normalized spacial score (nSPS) is 52.8. The molecule has 0 saturated heterocycles. The van der Waals surface area contributed by atoms with Gasteiger partial charge in [-0.25, -0.2) is 0 Å². The summed E-state index contributed by atoms with van der Waals surface area (Å²) in [7, 11) is 0. The second-order valence-corrected chi connectivity index (χ2v) is 9.40. The summed E-state index contributed by atoms with van der Waals surface area (Å²) in [5.74, 6) is 4.18. The fourth-order valence-corrected chi connectivity index (χ4v) is 7.66. The van der Waals surface area contributed by atoms with Crippen LogP contribution in [0.5, 0.6) is 0 Å². The maximum atomic E-state index is 11.8. The predicted molar refractivity (Wildman–Crippen MR) is 94.5 cm³/mol. The van der Waals surface area contributed by atoms with Gasteiger partial charge in [0.25, 0.3) is 0 Å². The Kier molecular flexibility index (Phi) is 3.24. The Morgan fingerprint density at radius 3 is 2.83 bits per heavy atom. The molecule has 0 aromatic carbocycles. The van der Waals surface area contributed by atoms with Gasteiger partial charge in [-0.3, -0.25) is 4.79 Å². The van der Waals surface area contributed by atoms with Gasteiger partial charge in [0.2, 0.25) is 0 Å². The Balaban J connectivity index is 1.49. The van der Waals surface area contributed by atoms with Gasteiger partial charge in [-0.1, -0.05) is 31.6 Å². The zero-order valence-electron chi connectivity index (χ0n) is 15.1. The Morgan fingerprint density at radius 2 is 2.04 bits per heavy atom. The number of ketones is 1. The molecule has 3 fully saturated rings. The zero-order chi connectivity index (χ0) is 16.5. The van der Waals surface area contributed by atoms with Crippen LogP contribution in [0.25, 0.3) is 0 Å². The van der Waals surface area contributed by atoms with Crippen LogP contribution in [0.2, 0.25) is 0 Å². The summed E-state index contributed by atoms with van der Waals surface area (Å²) < 4.78 is 6.42. The van der Waals surface area contributed by atoms with E-state index >= 15 is 0 Å². The highest BCUT2D eigenvalue weighted by Crippen LogP contribution is 2.68. The summed E-state index contributed by atoms with van der Waals surface area (Å²) >= 11 is 0. The topological polar surface area (TPSA) is 26.3 Å². The lowest BCUT2D eigenvalue weighted by atomic mass is 9.50. The molecule has 130 valence electrons. The van der Waals surface area contributed by atoms with Crippen LogP contribution >= 0.6 is 0 Å². The van der Waals surface area contributed by atoms with E-state index in [4.69, 9.17) is 4.74 Å². The Bertz CT molecular complexity index is 632. The van der Waals surface area contributed by atoms with Crippen LogP contribution in [0.4, 0.5) is 0 Å². The number of fused-ring (bicyclic) bond motifs is 6. The molecule has 0 radical (unpaired) electrons. The van der Waals surface area contributed by atoms with Gasteiger partial charge in [-0.05, 0) is 74.2 Å². The third kappa shape index (κ3) is 1.79. The van der Waals surface area contributed by atoms with E-state index in [1.807, 2.05) is 6.08 Å². The monoisotopic (exact) mass is 326 g/mol. The second-order valence-electron chi connectivity index (χ2n) is 9.40. The van der Waals surface area contributed by atoms with Crippen LogP contribution in [0.15, 0.2) is 23.8 Å². The lowest BCUT2D eigenvalue weighted by molar-refractivity contribution is -0.124. The van der Waals surface area contributed by atoms with Gasteiger partial charge in [0, 0.05) is 11.8 Å². The van der Waals surface area contributed by atoms with E-state index in [-0.39, 0.29) is 5.60 Å². The van der Waals surface area contributed by atoms with Crippen molar-refractivity contribution in [2.75, 3.05) is 6.61 Å². The van der Waals surface area contributed by atoms with Gasteiger partial charge in [-0.2, -0.15) is 0 Å². The number of rotatable bonds is 0. The molecule has 24 heavy (non-hydrogen) atoms. The average molecular weight is 326 g/mol. The lowest BCUT2D eigenvalue weighted by Gasteiger charge is -2.55. The van der Waals surface area contributed by atoms with Crippen molar-refractivity contribution in [2.45, 2.75) is 64.4 Å². The van der Waals surface area contributed by atoms with Crippen molar-refractivity contribution in [1.82, 2.24) is 0 Å². The van der Waals surface area contributed by atoms with Gasteiger partial charge in [0.1, 0.15) is 0 Å². The highest BCUT2D eigenvalue weighted by Gasteiger charge is 2.65. The molecule has 5 rings (SSSR count). The van der Waals surface area contributed by atoms with Gasteiger partial charge in [0.15, 0.2) is 5.78 Å². The second kappa shape index (κ2) is 5.06. The fourth-order valence-electron chi connectivity index (χ4n) is 7.66. The van der Waals surface area contributed by atoms with Crippen molar-refractivity contribution >= 4 is 5.78 Å². The molecule has 5 aliphatic rings. The van der Waals surface area contributed by atoms with E-state index in [1.54, 1.807) is 0 Å². The molecule has 4 aliphatic carbocycles. The molecule has 0 aromatic rings. The zero-order valence-corrected chi connectivity index (χ0v) is 15.1. The Labute approximate surface area is 145 Å². The molecule has 1 heterocycles. The van der Waals surface area contributed by atoms with Gasteiger partial charge >= 0.3 is 0 Å². The van der Waals surface area contributed by atoms with Crippen LogP contribution in [0.3, 0.4) is 0 Å². The SMILES string of the molecule is C[C@@H]1CC2C3CCC4=CC(=O)CCC4C3CCC2(C)C12C=CCO2. The van der Waals surface area contributed by atoms with Crippen LogP contribution in [-0.2, 0) is 9.53 Å². The number of allylic oxidation sites excluding steroid dienone is 1. The van der Waals surface area contributed by atoms with E-state index in [0.717, 1.165) is 37.2 Å². The minimum atomic E-state index is 0.00127. The minimum absolute atomic E-state index is 0.00127. The van der Waals surface area contributed by atoms with Crippen LogP contribution < -0.4 is 0 Å². The maximum absolute atomic E-state index is 11.8. The first kappa shape index (κ1) is 15.4. The largest absolute Gasteiger partial charge is 0.366 e. The Morgan fingerprint density at radius 1 is 1.17 bits per heavy atom. The number of carbonyl (C=O) groups is 1. The molecule has 7 atom stereocenters. The van der Waals surface area contributed by atoms with Crippen LogP contribution in [0.1, 0.15) is 58.8 Å².